The lowest BCUT2D eigenvalue weighted by atomic mass is 10.1. The predicted molar refractivity (Wildman–Crippen MR) is 65.8 cm³/mol. The van der Waals surface area contributed by atoms with Gasteiger partial charge < -0.3 is 15.2 Å². The highest BCUT2D eigenvalue weighted by molar-refractivity contribution is 5.75. The second-order valence-corrected chi connectivity index (χ2v) is 3.91. The molecule has 0 heterocycles. The number of amides is 1. The first-order chi connectivity index (χ1) is 8.54. The van der Waals surface area contributed by atoms with E-state index in [9.17, 15) is 14.3 Å². The van der Waals surface area contributed by atoms with Crippen molar-refractivity contribution in [1.29, 1.82) is 0 Å². The molecule has 0 bridgehead atoms. The molecule has 0 aliphatic carbocycles. The Morgan fingerprint density at radius 2 is 2.28 bits per heavy atom. The average molecular weight is 255 g/mol. The van der Waals surface area contributed by atoms with E-state index in [2.05, 4.69) is 5.32 Å². The first-order valence-electron chi connectivity index (χ1n) is 5.91. The van der Waals surface area contributed by atoms with Gasteiger partial charge in [-0.05, 0) is 26.0 Å². The van der Waals surface area contributed by atoms with Gasteiger partial charge in [-0.3, -0.25) is 4.79 Å². The van der Waals surface area contributed by atoms with Crippen LogP contribution in [0, 0.1) is 5.82 Å². The molecule has 4 nitrogen and oxygen atoms in total. The Morgan fingerprint density at radius 1 is 1.56 bits per heavy atom. The minimum Gasteiger partial charge on any atom is -0.493 e. The van der Waals surface area contributed by atoms with Crippen molar-refractivity contribution in [3.63, 3.8) is 0 Å². The number of hydrogen-bond donors (Lipinski definition) is 2. The number of hydrogen-bond acceptors (Lipinski definition) is 3. The zero-order chi connectivity index (χ0) is 13.5. The third-order valence-corrected chi connectivity index (χ3v) is 2.39. The summed E-state index contributed by atoms with van der Waals surface area (Å²) in [4.78, 5) is 11.1. The lowest BCUT2D eigenvalue weighted by molar-refractivity contribution is -0.121. The molecule has 1 aromatic rings. The van der Waals surface area contributed by atoms with Gasteiger partial charge in [-0.25, -0.2) is 4.39 Å². The number of aliphatic hydroxyl groups is 1. The third kappa shape index (κ3) is 4.33. The molecule has 1 unspecified atom stereocenters. The summed E-state index contributed by atoms with van der Waals surface area (Å²) < 4.78 is 18.7. The van der Waals surface area contributed by atoms with Crippen LogP contribution in [0.1, 0.15) is 31.9 Å². The summed E-state index contributed by atoms with van der Waals surface area (Å²) in [5, 5.41) is 11.9. The molecule has 0 spiro atoms. The van der Waals surface area contributed by atoms with E-state index >= 15 is 0 Å². The van der Waals surface area contributed by atoms with Gasteiger partial charge in [-0.1, -0.05) is 0 Å². The Kier molecular flexibility index (Phi) is 5.58. The number of halogens is 1. The van der Waals surface area contributed by atoms with E-state index < -0.39 is 11.9 Å². The molecule has 0 saturated carbocycles. The molecule has 1 amide bonds. The summed E-state index contributed by atoms with van der Waals surface area (Å²) in [6.45, 7) is 4.10. The van der Waals surface area contributed by atoms with Crippen LogP contribution >= 0.6 is 0 Å². The van der Waals surface area contributed by atoms with Crippen molar-refractivity contribution in [2.75, 3.05) is 13.2 Å². The Bertz CT molecular complexity index is 407. The molecule has 1 rings (SSSR count). The van der Waals surface area contributed by atoms with Gasteiger partial charge in [-0.2, -0.15) is 0 Å². The summed E-state index contributed by atoms with van der Waals surface area (Å²) in [6.07, 6.45) is -0.623. The summed E-state index contributed by atoms with van der Waals surface area (Å²) in [5.74, 6) is -0.264. The van der Waals surface area contributed by atoms with Crippen LogP contribution in [-0.2, 0) is 4.79 Å². The van der Waals surface area contributed by atoms with Gasteiger partial charge in [0.05, 0.1) is 19.1 Å². The maximum atomic E-state index is 13.5. The molecule has 1 atom stereocenters. The van der Waals surface area contributed by atoms with Crippen molar-refractivity contribution in [1.82, 2.24) is 5.32 Å². The van der Waals surface area contributed by atoms with Crippen molar-refractivity contribution in [3.8, 4) is 5.75 Å². The Morgan fingerprint density at radius 3 is 2.83 bits per heavy atom. The van der Waals surface area contributed by atoms with Gasteiger partial charge >= 0.3 is 0 Å². The van der Waals surface area contributed by atoms with E-state index in [1.165, 1.54) is 19.1 Å². The molecule has 0 aromatic heterocycles. The lowest BCUT2D eigenvalue weighted by Crippen LogP contribution is -2.24. The molecule has 0 saturated heterocycles. The van der Waals surface area contributed by atoms with Crippen LogP contribution in [0.2, 0.25) is 0 Å². The monoisotopic (exact) mass is 255 g/mol. The molecule has 0 fully saturated rings. The Balaban J connectivity index is 2.49. The van der Waals surface area contributed by atoms with Crippen molar-refractivity contribution < 1.29 is 19.0 Å². The van der Waals surface area contributed by atoms with E-state index in [1.54, 1.807) is 6.07 Å². The molecular weight excluding hydrogens is 237 g/mol. The van der Waals surface area contributed by atoms with Crippen molar-refractivity contribution in [3.05, 3.63) is 29.6 Å². The predicted octanol–water partition coefficient (Wildman–Crippen LogP) is 1.78. The van der Waals surface area contributed by atoms with Crippen LogP contribution in [0.3, 0.4) is 0 Å². The normalized spacial score (nSPS) is 12.0. The summed E-state index contributed by atoms with van der Waals surface area (Å²) in [6, 6.07) is 4.25. The summed E-state index contributed by atoms with van der Waals surface area (Å²) in [5.41, 5.74) is 0.228. The van der Waals surface area contributed by atoms with Gasteiger partial charge in [-0.15, -0.1) is 0 Å². The number of ether oxygens (including phenoxy) is 1. The second kappa shape index (κ2) is 6.96. The first-order valence-corrected chi connectivity index (χ1v) is 5.91. The highest BCUT2D eigenvalue weighted by atomic mass is 19.1. The SMILES string of the molecule is CCNC(=O)CCOc1ccc(C(C)O)c(F)c1. The lowest BCUT2D eigenvalue weighted by Gasteiger charge is -2.09. The van der Waals surface area contributed by atoms with Crippen LogP contribution in [0.25, 0.3) is 0 Å². The average Bonchev–Trinajstić information content (AvgIpc) is 2.29. The summed E-state index contributed by atoms with van der Waals surface area (Å²) in [7, 11) is 0. The number of benzene rings is 1. The molecular formula is C13H18FNO3. The largest absolute Gasteiger partial charge is 0.493 e. The Hall–Kier alpha value is -1.62. The van der Waals surface area contributed by atoms with Gasteiger partial charge in [0.25, 0.3) is 0 Å². The van der Waals surface area contributed by atoms with Crippen LogP contribution in [0.4, 0.5) is 4.39 Å². The number of carbonyl (C=O) groups excluding carboxylic acids is 1. The fourth-order valence-electron chi connectivity index (χ4n) is 1.48. The number of carbonyl (C=O) groups is 1. The molecule has 0 aliphatic rings. The third-order valence-electron chi connectivity index (χ3n) is 2.39. The molecule has 18 heavy (non-hydrogen) atoms. The number of nitrogens with one attached hydrogen (secondary N) is 1. The summed E-state index contributed by atoms with van der Waals surface area (Å²) >= 11 is 0. The zero-order valence-electron chi connectivity index (χ0n) is 10.6. The second-order valence-electron chi connectivity index (χ2n) is 3.91. The minimum absolute atomic E-state index is 0.0985. The first kappa shape index (κ1) is 14.4. The topological polar surface area (TPSA) is 58.6 Å². The van der Waals surface area contributed by atoms with E-state index in [-0.39, 0.29) is 24.5 Å². The van der Waals surface area contributed by atoms with Gasteiger partial charge in [0.1, 0.15) is 11.6 Å². The quantitative estimate of drug-likeness (QED) is 0.814. The fraction of sp³-hybridized carbons (Fsp3) is 0.462. The molecule has 100 valence electrons. The van der Waals surface area contributed by atoms with Gasteiger partial charge in [0, 0.05) is 18.2 Å². The molecule has 2 N–H and O–H groups in total. The molecule has 1 aromatic carbocycles. The molecule has 0 radical (unpaired) electrons. The van der Waals surface area contributed by atoms with E-state index in [4.69, 9.17) is 4.74 Å². The number of rotatable bonds is 6. The number of aliphatic hydroxyl groups excluding tert-OH is 1. The van der Waals surface area contributed by atoms with E-state index in [0.717, 1.165) is 0 Å². The Labute approximate surface area is 106 Å². The van der Waals surface area contributed by atoms with Crippen molar-refractivity contribution in [2.24, 2.45) is 0 Å². The van der Waals surface area contributed by atoms with Crippen LogP contribution < -0.4 is 10.1 Å². The zero-order valence-corrected chi connectivity index (χ0v) is 10.6. The fourth-order valence-corrected chi connectivity index (χ4v) is 1.48. The smallest absolute Gasteiger partial charge is 0.223 e. The molecule has 0 aliphatic heterocycles. The maximum absolute atomic E-state index is 13.5. The van der Waals surface area contributed by atoms with Crippen molar-refractivity contribution >= 4 is 5.91 Å². The van der Waals surface area contributed by atoms with Gasteiger partial charge in [0.2, 0.25) is 5.91 Å². The highest BCUT2D eigenvalue weighted by Gasteiger charge is 2.09. The minimum atomic E-state index is -0.852. The highest BCUT2D eigenvalue weighted by Crippen LogP contribution is 2.21. The van der Waals surface area contributed by atoms with E-state index in [1.807, 2.05) is 6.92 Å². The molecule has 5 heteroatoms. The van der Waals surface area contributed by atoms with Crippen LogP contribution in [0.15, 0.2) is 18.2 Å². The van der Waals surface area contributed by atoms with Gasteiger partial charge in [0.15, 0.2) is 0 Å². The van der Waals surface area contributed by atoms with Crippen molar-refractivity contribution in [2.45, 2.75) is 26.4 Å². The van der Waals surface area contributed by atoms with Crippen LogP contribution in [-0.4, -0.2) is 24.2 Å². The standard InChI is InChI=1S/C13H18FNO3/c1-3-15-13(17)6-7-18-10-4-5-11(9(2)16)12(14)8-10/h4-5,8-9,16H,3,6-7H2,1-2H3,(H,15,17). The van der Waals surface area contributed by atoms with E-state index in [0.29, 0.717) is 12.3 Å². The maximum Gasteiger partial charge on any atom is 0.223 e. The van der Waals surface area contributed by atoms with Crippen LogP contribution in [0.5, 0.6) is 5.75 Å².